The molecular formula is C22H28N2O4S. The second-order valence-electron chi connectivity index (χ2n) is 7.50. The van der Waals surface area contributed by atoms with Gasteiger partial charge in [0.1, 0.15) is 5.75 Å². The van der Waals surface area contributed by atoms with Crippen LogP contribution in [0.4, 0.5) is 5.69 Å². The molecule has 0 spiro atoms. The van der Waals surface area contributed by atoms with E-state index in [1.807, 2.05) is 19.1 Å². The minimum Gasteiger partial charge on any atom is -0.497 e. The number of anilines is 1. The molecule has 7 heteroatoms. The van der Waals surface area contributed by atoms with Crippen LogP contribution in [-0.4, -0.2) is 38.8 Å². The fourth-order valence-electron chi connectivity index (χ4n) is 3.57. The van der Waals surface area contributed by atoms with Crippen LogP contribution in [0.5, 0.6) is 5.75 Å². The van der Waals surface area contributed by atoms with Gasteiger partial charge in [-0.25, -0.2) is 8.42 Å². The van der Waals surface area contributed by atoms with Crippen LogP contribution >= 0.6 is 0 Å². The molecule has 1 fully saturated rings. The van der Waals surface area contributed by atoms with Crippen molar-refractivity contribution in [2.75, 3.05) is 25.5 Å². The molecule has 156 valence electrons. The maximum Gasteiger partial charge on any atom is 0.243 e. The Morgan fingerprint density at radius 3 is 2.48 bits per heavy atom. The van der Waals surface area contributed by atoms with Gasteiger partial charge >= 0.3 is 0 Å². The minimum absolute atomic E-state index is 0.0614. The summed E-state index contributed by atoms with van der Waals surface area (Å²) in [6.45, 7) is 2.93. The highest BCUT2D eigenvalue weighted by atomic mass is 32.2. The summed E-state index contributed by atoms with van der Waals surface area (Å²) in [5.41, 5.74) is 1.76. The van der Waals surface area contributed by atoms with E-state index < -0.39 is 10.0 Å². The van der Waals surface area contributed by atoms with Crippen LogP contribution in [-0.2, 0) is 14.8 Å². The molecule has 1 aliphatic rings. The van der Waals surface area contributed by atoms with E-state index in [0.717, 1.165) is 29.8 Å². The molecule has 2 aromatic rings. The molecule has 3 rings (SSSR count). The number of ether oxygens (including phenoxy) is 1. The number of hydrogen-bond acceptors (Lipinski definition) is 4. The van der Waals surface area contributed by atoms with Crippen LogP contribution in [0.3, 0.4) is 0 Å². The number of aryl methyl sites for hydroxylation is 1. The number of carbonyl (C=O) groups is 1. The summed E-state index contributed by atoms with van der Waals surface area (Å²) in [5, 5.41) is 2.88. The van der Waals surface area contributed by atoms with Crippen molar-refractivity contribution in [2.24, 2.45) is 5.92 Å². The molecule has 0 aliphatic carbocycles. The van der Waals surface area contributed by atoms with Crippen molar-refractivity contribution in [1.82, 2.24) is 4.31 Å². The fourth-order valence-corrected chi connectivity index (χ4v) is 5.13. The largest absolute Gasteiger partial charge is 0.497 e. The molecule has 0 saturated carbocycles. The first-order valence-corrected chi connectivity index (χ1v) is 11.3. The van der Waals surface area contributed by atoms with Crippen molar-refractivity contribution in [3.8, 4) is 5.75 Å². The van der Waals surface area contributed by atoms with E-state index in [4.69, 9.17) is 4.74 Å². The molecule has 1 saturated heterocycles. The van der Waals surface area contributed by atoms with Gasteiger partial charge in [0.05, 0.1) is 12.0 Å². The summed E-state index contributed by atoms with van der Waals surface area (Å²) in [5.74, 6) is 0.861. The maximum atomic E-state index is 12.9. The van der Waals surface area contributed by atoms with Gasteiger partial charge in [-0.3, -0.25) is 4.79 Å². The molecular weight excluding hydrogens is 388 g/mol. The number of sulfonamides is 1. The fraction of sp³-hybridized carbons (Fsp3) is 0.409. The maximum absolute atomic E-state index is 12.9. The molecule has 6 nitrogen and oxygen atoms in total. The van der Waals surface area contributed by atoms with Crippen LogP contribution in [0.15, 0.2) is 53.4 Å². The molecule has 1 atom stereocenters. The Morgan fingerprint density at radius 1 is 1.14 bits per heavy atom. The SMILES string of the molecule is COc1ccc(NC(=O)CCC2CCCN(S(=O)(=O)c3ccc(C)cc3)C2)cc1. The lowest BCUT2D eigenvalue weighted by Crippen LogP contribution is -2.40. The van der Waals surface area contributed by atoms with E-state index in [1.165, 1.54) is 0 Å². The van der Waals surface area contributed by atoms with Gasteiger partial charge in [-0.2, -0.15) is 4.31 Å². The lowest BCUT2D eigenvalue weighted by Gasteiger charge is -2.32. The number of carbonyl (C=O) groups excluding carboxylic acids is 1. The summed E-state index contributed by atoms with van der Waals surface area (Å²) in [4.78, 5) is 12.6. The van der Waals surface area contributed by atoms with Crippen molar-refractivity contribution in [2.45, 2.75) is 37.5 Å². The van der Waals surface area contributed by atoms with E-state index in [2.05, 4.69) is 5.32 Å². The highest BCUT2D eigenvalue weighted by Gasteiger charge is 2.30. The van der Waals surface area contributed by atoms with E-state index in [0.29, 0.717) is 30.8 Å². The van der Waals surface area contributed by atoms with E-state index in [1.54, 1.807) is 47.8 Å². The number of nitrogens with one attached hydrogen (secondary N) is 1. The summed E-state index contributed by atoms with van der Waals surface area (Å²) >= 11 is 0. The Morgan fingerprint density at radius 2 is 1.83 bits per heavy atom. The zero-order valence-electron chi connectivity index (χ0n) is 16.9. The van der Waals surface area contributed by atoms with E-state index >= 15 is 0 Å². The van der Waals surface area contributed by atoms with Crippen molar-refractivity contribution < 1.29 is 17.9 Å². The molecule has 1 unspecified atom stereocenters. The lowest BCUT2D eigenvalue weighted by molar-refractivity contribution is -0.116. The number of methoxy groups -OCH3 is 1. The zero-order valence-corrected chi connectivity index (χ0v) is 17.7. The van der Waals surface area contributed by atoms with Crippen LogP contribution in [0.1, 0.15) is 31.2 Å². The van der Waals surface area contributed by atoms with Gasteiger partial charge in [0, 0.05) is 25.2 Å². The van der Waals surface area contributed by atoms with Crippen LogP contribution in [0, 0.1) is 12.8 Å². The first-order chi connectivity index (χ1) is 13.9. The molecule has 29 heavy (non-hydrogen) atoms. The number of piperidine rings is 1. The summed E-state index contributed by atoms with van der Waals surface area (Å²) in [7, 11) is -1.89. The first-order valence-electron chi connectivity index (χ1n) is 9.89. The normalized spacial score (nSPS) is 17.7. The van der Waals surface area contributed by atoms with Gasteiger partial charge in [0.2, 0.25) is 15.9 Å². The van der Waals surface area contributed by atoms with Crippen molar-refractivity contribution in [3.05, 3.63) is 54.1 Å². The second kappa shape index (κ2) is 9.41. The second-order valence-corrected chi connectivity index (χ2v) is 9.44. The van der Waals surface area contributed by atoms with Gasteiger partial charge in [0.15, 0.2) is 0 Å². The molecule has 1 heterocycles. The Kier molecular flexibility index (Phi) is 6.92. The standard InChI is InChI=1S/C22H28N2O4S/c1-17-5-12-21(13-6-17)29(26,27)24-15-3-4-18(16-24)7-14-22(25)23-19-8-10-20(28-2)11-9-19/h5-6,8-13,18H,3-4,7,14-16H2,1-2H3,(H,23,25). The first kappa shape index (κ1) is 21.3. The predicted octanol–water partition coefficient (Wildman–Crippen LogP) is 3.82. The Hall–Kier alpha value is -2.38. The minimum atomic E-state index is -3.48. The molecule has 0 radical (unpaired) electrons. The molecule has 2 aromatic carbocycles. The molecule has 0 bridgehead atoms. The van der Waals surface area contributed by atoms with Gasteiger partial charge in [-0.05, 0) is 68.5 Å². The number of nitrogens with zero attached hydrogens (tertiary/aromatic N) is 1. The third-order valence-electron chi connectivity index (χ3n) is 5.29. The Bertz CT molecular complexity index is 924. The average Bonchev–Trinajstić information content (AvgIpc) is 2.73. The Labute approximate surface area is 172 Å². The average molecular weight is 417 g/mol. The van der Waals surface area contributed by atoms with Gasteiger partial charge in [-0.15, -0.1) is 0 Å². The topological polar surface area (TPSA) is 75.7 Å². The van der Waals surface area contributed by atoms with Crippen LogP contribution in [0.2, 0.25) is 0 Å². The van der Waals surface area contributed by atoms with Crippen LogP contribution < -0.4 is 10.1 Å². The van der Waals surface area contributed by atoms with Crippen molar-refractivity contribution in [1.29, 1.82) is 0 Å². The quantitative estimate of drug-likeness (QED) is 0.744. The molecule has 1 amide bonds. The zero-order chi connectivity index (χ0) is 20.9. The van der Waals surface area contributed by atoms with Gasteiger partial charge < -0.3 is 10.1 Å². The summed E-state index contributed by atoms with van der Waals surface area (Å²) in [6, 6.07) is 14.2. The Balaban J connectivity index is 1.53. The van der Waals surface area contributed by atoms with E-state index in [-0.39, 0.29) is 11.8 Å². The highest BCUT2D eigenvalue weighted by Crippen LogP contribution is 2.26. The van der Waals surface area contributed by atoms with Crippen molar-refractivity contribution >= 4 is 21.6 Å². The van der Waals surface area contributed by atoms with E-state index in [9.17, 15) is 13.2 Å². The van der Waals surface area contributed by atoms with Crippen molar-refractivity contribution in [3.63, 3.8) is 0 Å². The number of benzene rings is 2. The third kappa shape index (κ3) is 5.58. The summed E-state index contributed by atoms with van der Waals surface area (Å²) in [6.07, 6.45) is 2.79. The number of hydrogen-bond donors (Lipinski definition) is 1. The number of amides is 1. The van der Waals surface area contributed by atoms with Gasteiger partial charge in [0.25, 0.3) is 0 Å². The lowest BCUT2D eigenvalue weighted by atomic mass is 9.94. The monoisotopic (exact) mass is 416 g/mol. The predicted molar refractivity (Wildman–Crippen MR) is 114 cm³/mol. The molecule has 1 N–H and O–H groups in total. The molecule has 0 aromatic heterocycles. The number of rotatable bonds is 7. The van der Waals surface area contributed by atoms with Crippen LogP contribution in [0.25, 0.3) is 0 Å². The van der Waals surface area contributed by atoms with Gasteiger partial charge in [-0.1, -0.05) is 17.7 Å². The third-order valence-corrected chi connectivity index (χ3v) is 7.17. The smallest absolute Gasteiger partial charge is 0.243 e. The highest BCUT2D eigenvalue weighted by molar-refractivity contribution is 7.89. The molecule has 1 aliphatic heterocycles. The summed E-state index contributed by atoms with van der Waals surface area (Å²) < 4.78 is 32.5.